The first-order valence-corrected chi connectivity index (χ1v) is 7.57. The maximum Gasteiger partial charge on any atom is 0.315 e. The molecule has 3 fully saturated rings. The van der Waals surface area contributed by atoms with E-state index in [4.69, 9.17) is 9.47 Å². The largest absolute Gasteiger partial charge is 0.381 e. The average Bonchev–Trinajstić information content (AvgIpc) is 3.24. The van der Waals surface area contributed by atoms with E-state index in [-0.39, 0.29) is 18.1 Å². The first kappa shape index (κ1) is 13.2. The van der Waals surface area contributed by atoms with E-state index in [1.54, 1.807) is 0 Å². The third-order valence-electron chi connectivity index (χ3n) is 4.35. The van der Waals surface area contributed by atoms with Gasteiger partial charge in [-0.25, -0.2) is 4.79 Å². The normalized spacial score (nSPS) is 32.8. The highest BCUT2D eigenvalue weighted by Crippen LogP contribution is 2.38. The Morgan fingerprint density at radius 1 is 0.895 bits per heavy atom. The lowest BCUT2D eigenvalue weighted by Crippen LogP contribution is -2.50. The van der Waals surface area contributed by atoms with Crippen LogP contribution in [0.4, 0.5) is 4.79 Å². The number of rotatable bonds is 3. The molecule has 1 saturated carbocycles. The van der Waals surface area contributed by atoms with Crippen molar-refractivity contribution in [1.29, 1.82) is 0 Å². The molecular formula is C14H24N2O3. The summed E-state index contributed by atoms with van der Waals surface area (Å²) in [5, 5.41) is 6.16. The van der Waals surface area contributed by atoms with Crippen molar-refractivity contribution in [2.75, 3.05) is 19.8 Å². The number of carbonyl (C=O) groups is 1. The molecule has 0 radical (unpaired) electrons. The number of ether oxygens (including phenoxy) is 2. The molecule has 2 saturated heterocycles. The molecule has 108 valence electrons. The summed E-state index contributed by atoms with van der Waals surface area (Å²) >= 11 is 0. The van der Waals surface area contributed by atoms with Crippen LogP contribution >= 0.6 is 0 Å². The summed E-state index contributed by atoms with van der Waals surface area (Å²) in [5.74, 6) is 0.753. The van der Waals surface area contributed by atoms with Crippen LogP contribution in [0, 0.1) is 5.92 Å². The molecule has 5 nitrogen and oxygen atoms in total. The van der Waals surface area contributed by atoms with Crippen molar-refractivity contribution in [3.05, 3.63) is 0 Å². The molecule has 0 aromatic heterocycles. The molecule has 0 unspecified atom stereocenters. The van der Waals surface area contributed by atoms with Crippen molar-refractivity contribution < 1.29 is 14.3 Å². The lowest BCUT2D eigenvalue weighted by atomic mass is 10.0. The van der Waals surface area contributed by atoms with Gasteiger partial charge < -0.3 is 20.1 Å². The van der Waals surface area contributed by atoms with Crippen molar-refractivity contribution in [1.82, 2.24) is 10.6 Å². The highest BCUT2D eigenvalue weighted by atomic mass is 16.5. The molecule has 2 atom stereocenters. The highest BCUT2D eigenvalue weighted by molar-refractivity contribution is 5.74. The first-order chi connectivity index (χ1) is 9.31. The zero-order valence-electron chi connectivity index (χ0n) is 11.4. The number of carbonyl (C=O) groups excluding carboxylic acids is 1. The Hall–Kier alpha value is -0.810. The molecule has 0 aromatic rings. The molecule has 0 aromatic carbocycles. The predicted molar refractivity (Wildman–Crippen MR) is 71.0 cm³/mol. The van der Waals surface area contributed by atoms with Crippen LogP contribution in [0.2, 0.25) is 0 Å². The molecule has 3 aliphatic rings. The molecule has 2 heterocycles. The van der Waals surface area contributed by atoms with Crippen LogP contribution in [0.1, 0.15) is 38.5 Å². The molecule has 2 aliphatic heterocycles. The quantitative estimate of drug-likeness (QED) is 0.814. The van der Waals surface area contributed by atoms with E-state index in [1.165, 1.54) is 12.8 Å². The zero-order chi connectivity index (χ0) is 13.1. The van der Waals surface area contributed by atoms with Crippen molar-refractivity contribution in [2.45, 2.75) is 56.7 Å². The van der Waals surface area contributed by atoms with E-state index < -0.39 is 0 Å². The fourth-order valence-electron chi connectivity index (χ4n) is 3.01. The van der Waals surface area contributed by atoms with Gasteiger partial charge in [-0.2, -0.15) is 0 Å². The fourth-order valence-corrected chi connectivity index (χ4v) is 3.01. The topological polar surface area (TPSA) is 59.6 Å². The highest BCUT2D eigenvalue weighted by Gasteiger charge is 2.36. The van der Waals surface area contributed by atoms with E-state index >= 15 is 0 Å². The summed E-state index contributed by atoms with van der Waals surface area (Å²) in [6.45, 7) is 2.29. The average molecular weight is 268 g/mol. The Labute approximate surface area is 114 Å². The van der Waals surface area contributed by atoms with E-state index in [2.05, 4.69) is 10.6 Å². The molecular weight excluding hydrogens is 244 g/mol. The number of urea groups is 1. The van der Waals surface area contributed by atoms with Crippen molar-refractivity contribution in [3.8, 4) is 0 Å². The smallest absolute Gasteiger partial charge is 0.315 e. The molecule has 5 heteroatoms. The second-order valence-electron chi connectivity index (χ2n) is 5.97. The van der Waals surface area contributed by atoms with Crippen molar-refractivity contribution >= 4 is 6.03 Å². The van der Waals surface area contributed by atoms with Gasteiger partial charge in [0.25, 0.3) is 0 Å². The van der Waals surface area contributed by atoms with Gasteiger partial charge in [-0.1, -0.05) is 0 Å². The number of nitrogens with one attached hydrogen (secondary N) is 2. The predicted octanol–water partition coefficient (Wildman–Crippen LogP) is 1.42. The minimum Gasteiger partial charge on any atom is -0.381 e. The van der Waals surface area contributed by atoms with Crippen molar-refractivity contribution in [2.24, 2.45) is 5.92 Å². The Morgan fingerprint density at radius 3 is 2.32 bits per heavy atom. The summed E-state index contributed by atoms with van der Waals surface area (Å²) in [5.41, 5.74) is 0. The monoisotopic (exact) mass is 268 g/mol. The summed E-state index contributed by atoms with van der Waals surface area (Å²) in [6.07, 6.45) is 6.73. The third kappa shape index (κ3) is 3.83. The Kier molecular flexibility index (Phi) is 4.23. The zero-order valence-corrected chi connectivity index (χ0v) is 11.4. The van der Waals surface area contributed by atoms with Crippen LogP contribution in [0.5, 0.6) is 0 Å². The van der Waals surface area contributed by atoms with Crippen LogP contribution in [0.3, 0.4) is 0 Å². The van der Waals surface area contributed by atoms with Gasteiger partial charge in [-0.3, -0.25) is 0 Å². The van der Waals surface area contributed by atoms with E-state index in [0.29, 0.717) is 6.10 Å². The molecule has 2 amide bonds. The van der Waals surface area contributed by atoms with Crippen LogP contribution in [-0.2, 0) is 9.47 Å². The lowest BCUT2D eigenvalue weighted by molar-refractivity contribution is -0.00927. The minimum absolute atomic E-state index is 0.0200. The minimum atomic E-state index is -0.0200. The SMILES string of the molecule is O=C(NC1CCOCC1)N[C@H]1CCO[C@@H](C2CC2)C1. The lowest BCUT2D eigenvalue weighted by Gasteiger charge is -2.31. The van der Waals surface area contributed by atoms with Gasteiger partial charge in [0.05, 0.1) is 6.10 Å². The molecule has 0 spiro atoms. The summed E-state index contributed by atoms with van der Waals surface area (Å²) in [6, 6.07) is 0.528. The van der Waals surface area contributed by atoms with Crippen LogP contribution in [-0.4, -0.2) is 44.0 Å². The standard InChI is InChI=1S/C14H24N2O3/c17-14(15-11-3-6-18-7-4-11)16-12-5-8-19-13(9-12)10-1-2-10/h10-13H,1-9H2,(H2,15,16,17)/t12-,13+/m0/s1. The van der Waals surface area contributed by atoms with E-state index in [9.17, 15) is 4.79 Å². The molecule has 3 rings (SSSR count). The maximum atomic E-state index is 12.0. The summed E-state index contributed by atoms with van der Waals surface area (Å²) in [4.78, 5) is 12.0. The van der Waals surface area contributed by atoms with Crippen LogP contribution in [0.15, 0.2) is 0 Å². The van der Waals surface area contributed by atoms with Gasteiger partial charge in [-0.05, 0) is 44.4 Å². The maximum absolute atomic E-state index is 12.0. The molecule has 19 heavy (non-hydrogen) atoms. The molecule has 1 aliphatic carbocycles. The fraction of sp³-hybridized carbons (Fsp3) is 0.929. The van der Waals surface area contributed by atoms with Gasteiger partial charge >= 0.3 is 6.03 Å². The van der Waals surface area contributed by atoms with Gasteiger partial charge in [0.1, 0.15) is 0 Å². The van der Waals surface area contributed by atoms with E-state index in [0.717, 1.165) is 51.4 Å². The van der Waals surface area contributed by atoms with E-state index in [1.807, 2.05) is 0 Å². The first-order valence-electron chi connectivity index (χ1n) is 7.57. The third-order valence-corrected chi connectivity index (χ3v) is 4.35. The number of hydrogen-bond donors (Lipinski definition) is 2. The van der Waals surface area contributed by atoms with Crippen LogP contribution in [0.25, 0.3) is 0 Å². The number of hydrogen-bond acceptors (Lipinski definition) is 3. The Bertz CT molecular complexity index is 314. The second-order valence-corrected chi connectivity index (χ2v) is 5.97. The van der Waals surface area contributed by atoms with Crippen LogP contribution < -0.4 is 10.6 Å². The van der Waals surface area contributed by atoms with Gasteiger partial charge in [0, 0.05) is 31.9 Å². The van der Waals surface area contributed by atoms with Gasteiger partial charge in [0.15, 0.2) is 0 Å². The van der Waals surface area contributed by atoms with Crippen molar-refractivity contribution in [3.63, 3.8) is 0 Å². The number of amides is 2. The molecule has 0 bridgehead atoms. The second kappa shape index (κ2) is 6.09. The summed E-state index contributed by atoms with van der Waals surface area (Å²) < 4.78 is 11.1. The van der Waals surface area contributed by atoms with Gasteiger partial charge in [0.2, 0.25) is 0 Å². The Morgan fingerprint density at radius 2 is 1.58 bits per heavy atom. The Balaban J connectivity index is 1.40. The van der Waals surface area contributed by atoms with Gasteiger partial charge in [-0.15, -0.1) is 0 Å². The summed E-state index contributed by atoms with van der Waals surface area (Å²) in [7, 11) is 0. The molecule has 2 N–H and O–H groups in total.